The molecule has 9 heteroatoms. The number of hydrogen-bond donors (Lipinski definition) is 3. The van der Waals surface area contributed by atoms with Gasteiger partial charge in [-0.15, -0.1) is 0 Å². The summed E-state index contributed by atoms with van der Waals surface area (Å²) in [6.45, 7) is 0. The maximum atomic E-state index is 13.3. The van der Waals surface area contributed by atoms with Crippen LogP contribution in [0.5, 0.6) is 0 Å². The van der Waals surface area contributed by atoms with Crippen LogP contribution in [0.3, 0.4) is 0 Å². The lowest BCUT2D eigenvalue weighted by Gasteiger charge is -2.09. The van der Waals surface area contributed by atoms with E-state index in [4.69, 9.17) is 5.84 Å². The van der Waals surface area contributed by atoms with Crippen LogP contribution in [0.2, 0.25) is 0 Å². The van der Waals surface area contributed by atoms with Crippen LogP contribution in [0.1, 0.15) is 10.4 Å². The summed E-state index contributed by atoms with van der Waals surface area (Å²) in [7, 11) is 0. The summed E-state index contributed by atoms with van der Waals surface area (Å²) in [6.07, 6.45) is 2.72. The van der Waals surface area contributed by atoms with Crippen molar-refractivity contribution in [1.82, 2.24) is 4.98 Å². The number of carbonyl (C=O) groups excluding carboxylic acids is 1. The van der Waals surface area contributed by atoms with Gasteiger partial charge in [0.25, 0.3) is 11.6 Å². The fourth-order valence-corrected chi connectivity index (χ4v) is 1.66. The molecule has 0 radical (unpaired) electrons. The second kappa shape index (κ2) is 5.92. The molecule has 0 fully saturated rings. The first-order chi connectivity index (χ1) is 10.0. The van der Waals surface area contributed by atoms with E-state index >= 15 is 0 Å². The largest absolute Gasteiger partial charge is 0.322 e. The van der Waals surface area contributed by atoms with Crippen molar-refractivity contribution in [2.75, 3.05) is 10.7 Å². The van der Waals surface area contributed by atoms with Crippen molar-refractivity contribution < 1.29 is 14.1 Å². The molecule has 0 saturated heterocycles. The summed E-state index contributed by atoms with van der Waals surface area (Å²) in [5.41, 5.74) is 2.23. The zero-order valence-electron chi connectivity index (χ0n) is 10.5. The third-order valence-corrected chi connectivity index (χ3v) is 2.57. The molecule has 8 nitrogen and oxygen atoms in total. The molecule has 21 heavy (non-hydrogen) atoms. The Bertz CT molecular complexity index is 707. The molecule has 0 bridgehead atoms. The van der Waals surface area contributed by atoms with Crippen LogP contribution in [0.4, 0.5) is 21.5 Å². The highest BCUT2D eigenvalue weighted by molar-refractivity contribution is 6.07. The molecule has 1 aromatic heterocycles. The number of nitrogens with two attached hydrogens (primary N) is 1. The molecule has 1 heterocycles. The van der Waals surface area contributed by atoms with Crippen LogP contribution in [-0.4, -0.2) is 15.8 Å². The lowest BCUT2D eigenvalue weighted by Crippen LogP contribution is -2.17. The number of halogens is 1. The van der Waals surface area contributed by atoms with Crippen LogP contribution in [0, 0.1) is 15.9 Å². The highest BCUT2D eigenvalue weighted by Gasteiger charge is 2.14. The third-order valence-electron chi connectivity index (χ3n) is 2.57. The zero-order valence-corrected chi connectivity index (χ0v) is 10.5. The number of hydrazine groups is 1. The van der Waals surface area contributed by atoms with Crippen molar-refractivity contribution in [1.29, 1.82) is 0 Å². The number of nitrogens with one attached hydrogen (secondary N) is 2. The molecule has 108 valence electrons. The number of nitrogens with zero attached hydrogens (tertiary/aromatic N) is 2. The normalized spacial score (nSPS) is 10.0. The van der Waals surface area contributed by atoms with Crippen LogP contribution in [0.25, 0.3) is 0 Å². The number of benzene rings is 1. The number of non-ortho nitro benzene ring substituents is 1. The fraction of sp³-hybridized carbons (Fsp3) is 0. The first-order valence-corrected chi connectivity index (χ1v) is 5.68. The average Bonchev–Trinajstić information content (AvgIpc) is 2.46. The van der Waals surface area contributed by atoms with Crippen molar-refractivity contribution in [3.05, 3.63) is 58.2 Å². The predicted molar refractivity (Wildman–Crippen MR) is 73.1 cm³/mol. The number of nitrogen functional groups attached to an aromatic ring is 1. The van der Waals surface area contributed by atoms with E-state index in [1.54, 1.807) is 0 Å². The Morgan fingerprint density at radius 2 is 2.14 bits per heavy atom. The van der Waals surface area contributed by atoms with Crippen LogP contribution < -0.4 is 16.6 Å². The van der Waals surface area contributed by atoms with Crippen molar-refractivity contribution in [2.24, 2.45) is 5.84 Å². The van der Waals surface area contributed by atoms with Crippen LogP contribution in [-0.2, 0) is 0 Å². The number of rotatable bonds is 4. The minimum atomic E-state index is -0.827. The summed E-state index contributed by atoms with van der Waals surface area (Å²) in [5, 5.41) is 13.0. The first-order valence-electron chi connectivity index (χ1n) is 5.68. The second-order valence-electron chi connectivity index (χ2n) is 3.97. The number of pyridine rings is 1. The highest BCUT2D eigenvalue weighted by atomic mass is 19.1. The molecular formula is C12H10FN5O3. The van der Waals surface area contributed by atoms with E-state index < -0.39 is 22.3 Å². The van der Waals surface area contributed by atoms with Gasteiger partial charge in [0, 0.05) is 12.3 Å². The van der Waals surface area contributed by atoms with Gasteiger partial charge in [-0.05, 0) is 12.1 Å². The van der Waals surface area contributed by atoms with E-state index in [0.29, 0.717) is 0 Å². The van der Waals surface area contributed by atoms with Gasteiger partial charge in [0.2, 0.25) is 0 Å². The van der Waals surface area contributed by atoms with Crippen LogP contribution >= 0.6 is 0 Å². The monoisotopic (exact) mass is 291 g/mol. The lowest BCUT2D eigenvalue weighted by molar-refractivity contribution is -0.385. The highest BCUT2D eigenvalue weighted by Crippen LogP contribution is 2.21. The number of nitro benzene ring substituents is 1. The van der Waals surface area contributed by atoms with Crippen LogP contribution in [0.15, 0.2) is 36.7 Å². The smallest absolute Gasteiger partial charge is 0.274 e. The summed E-state index contributed by atoms with van der Waals surface area (Å²) >= 11 is 0. The van der Waals surface area contributed by atoms with Crippen molar-refractivity contribution in [3.8, 4) is 0 Å². The Balaban J connectivity index is 2.29. The standard InChI is InChI=1S/C12H10FN5O3/c13-7-3-8(5-9(4-7)18(20)21)16-12(19)10-1-2-15-6-11(10)17-14/h1-6,17H,14H2,(H,16,19). The number of amides is 1. The Hall–Kier alpha value is -3.07. The fourth-order valence-electron chi connectivity index (χ4n) is 1.66. The summed E-state index contributed by atoms with van der Waals surface area (Å²) in [4.78, 5) is 25.7. The Morgan fingerprint density at radius 1 is 1.38 bits per heavy atom. The van der Waals surface area contributed by atoms with E-state index in [1.807, 2.05) is 0 Å². The third kappa shape index (κ3) is 3.28. The SMILES string of the molecule is NNc1cnccc1C(=O)Nc1cc(F)cc([N+](=O)[O-])c1. The maximum Gasteiger partial charge on any atom is 0.274 e. The molecular weight excluding hydrogens is 281 g/mol. The molecule has 0 atom stereocenters. The van der Waals surface area contributed by atoms with E-state index in [1.165, 1.54) is 18.5 Å². The van der Waals surface area contributed by atoms with Gasteiger partial charge in [0.15, 0.2) is 0 Å². The quantitative estimate of drug-likeness (QED) is 0.447. The number of anilines is 2. The van der Waals surface area contributed by atoms with Gasteiger partial charge in [-0.2, -0.15) is 0 Å². The van der Waals surface area contributed by atoms with Crippen molar-refractivity contribution in [2.45, 2.75) is 0 Å². The molecule has 0 saturated carbocycles. The van der Waals surface area contributed by atoms with E-state index in [-0.39, 0.29) is 16.9 Å². The van der Waals surface area contributed by atoms with E-state index in [9.17, 15) is 19.3 Å². The van der Waals surface area contributed by atoms with Gasteiger partial charge in [-0.3, -0.25) is 25.7 Å². The molecule has 0 aliphatic heterocycles. The topological polar surface area (TPSA) is 123 Å². The molecule has 1 amide bonds. The van der Waals surface area contributed by atoms with E-state index in [2.05, 4.69) is 15.7 Å². The van der Waals surface area contributed by atoms with E-state index in [0.717, 1.165) is 18.2 Å². The number of hydrogen-bond acceptors (Lipinski definition) is 6. The van der Waals surface area contributed by atoms with Gasteiger partial charge in [0.05, 0.1) is 34.1 Å². The minimum absolute atomic E-state index is 0.0357. The zero-order chi connectivity index (χ0) is 15.4. The Morgan fingerprint density at radius 3 is 2.81 bits per heavy atom. The molecule has 0 aliphatic rings. The Kier molecular flexibility index (Phi) is 4.05. The molecule has 0 unspecified atom stereocenters. The van der Waals surface area contributed by atoms with Gasteiger partial charge >= 0.3 is 0 Å². The molecule has 0 aliphatic carbocycles. The molecule has 4 N–H and O–H groups in total. The summed E-state index contributed by atoms with van der Waals surface area (Å²) in [5.74, 6) is 3.82. The molecule has 2 rings (SSSR count). The average molecular weight is 291 g/mol. The van der Waals surface area contributed by atoms with Crippen molar-refractivity contribution >= 4 is 23.0 Å². The number of nitro groups is 1. The van der Waals surface area contributed by atoms with Gasteiger partial charge < -0.3 is 10.7 Å². The molecule has 1 aromatic carbocycles. The van der Waals surface area contributed by atoms with Gasteiger partial charge in [-0.1, -0.05) is 0 Å². The number of aromatic nitrogens is 1. The van der Waals surface area contributed by atoms with Gasteiger partial charge in [0.1, 0.15) is 5.82 Å². The molecule has 0 spiro atoms. The predicted octanol–water partition coefficient (Wildman–Crippen LogP) is 1.67. The van der Waals surface area contributed by atoms with Crippen molar-refractivity contribution in [3.63, 3.8) is 0 Å². The maximum absolute atomic E-state index is 13.3. The summed E-state index contributed by atoms with van der Waals surface area (Å²) in [6, 6.07) is 4.19. The number of carbonyl (C=O) groups is 1. The second-order valence-corrected chi connectivity index (χ2v) is 3.97. The first kappa shape index (κ1) is 14.3. The molecule has 2 aromatic rings. The summed E-state index contributed by atoms with van der Waals surface area (Å²) < 4.78 is 13.3. The minimum Gasteiger partial charge on any atom is -0.322 e. The Labute approximate surface area is 117 Å². The van der Waals surface area contributed by atoms with Gasteiger partial charge in [-0.25, -0.2) is 4.39 Å². The lowest BCUT2D eigenvalue weighted by atomic mass is 10.2.